The van der Waals surface area contributed by atoms with Gasteiger partial charge in [0.15, 0.2) is 0 Å². The van der Waals surface area contributed by atoms with Gasteiger partial charge in [-0.1, -0.05) is 29.8 Å². The third-order valence-electron chi connectivity index (χ3n) is 4.10. The zero-order valence-corrected chi connectivity index (χ0v) is 14.8. The third-order valence-corrected chi connectivity index (χ3v) is 4.32. The number of fused-ring (bicyclic) bond motifs is 1. The van der Waals surface area contributed by atoms with Gasteiger partial charge in [0.25, 0.3) is 11.5 Å². The quantitative estimate of drug-likeness (QED) is 0.570. The van der Waals surface area contributed by atoms with Crippen LogP contribution < -0.4 is 10.9 Å². The second-order valence-electron chi connectivity index (χ2n) is 5.83. The first-order valence-corrected chi connectivity index (χ1v) is 8.54. The molecule has 3 heterocycles. The van der Waals surface area contributed by atoms with Gasteiger partial charge in [0.1, 0.15) is 17.7 Å². The number of para-hydroxylation sites is 2. The molecule has 0 unspecified atom stereocenters. The van der Waals surface area contributed by atoms with Gasteiger partial charge in [-0.2, -0.15) is 0 Å². The monoisotopic (exact) mass is 379 g/mol. The maximum absolute atomic E-state index is 12.4. The van der Waals surface area contributed by atoms with Gasteiger partial charge in [0.2, 0.25) is 0 Å². The van der Waals surface area contributed by atoms with Crippen LogP contribution in [0.1, 0.15) is 15.9 Å². The lowest BCUT2D eigenvalue weighted by Gasteiger charge is -2.11. The van der Waals surface area contributed by atoms with Gasteiger partial charge >= 0.3 is 0 Å². The molecule has 0 atom stereocenters. The van der Waals surface area contributed by atoms with Gasteiger partial charge in [0, 0.05) is 24.5 Å². The summed E-state index contributed by atoms with van der Waals surface area (Å²) >= 11 is 5.86. The summed E-state index contributed by atoms with van der Waals surface area (Å²) in [5.74, 6) is 0.149. The van der Waals surface area contributed by atoms with Crippen molar-refractivity contribution in [2.75, 3.05) is 0 Å². The normalized spacial score (nSPS) is 10.9. The Morgan fingerprint density at radius 2 is 2.04 bits per heavy atom. The number of rotatable bonds is 4. The molecule has 0 bridgehead atoms. The Hall–Kier alpha value is -3.45. The third kappa shape index (κ3) is 3.32. The number of imidazole rings is 1. The lowest BCUT2D eigenvalue weighted by Crippen LogP contribution is -2.29. The lowest BCUT2D eigenvalue weighted by molar-refractivity contribution is 0.0949. The van der Waals surface area contributed by atoms with Gasteiger partial charge in [-0.3, -0.25) is 14.2 Å². The fraction of sp³-hybridized carbons (Fsp3) is 0.0526. The molecular weight excluding hydrogens is 366 g/mol. The first-order valence-electron chi connectivity index (χ1n) is 8.16. The van der Waals surface area contributed by atoms with Gasteiger partial charge in [-0.25, -0.2) is 9.97 Å². The molecule has 8 heteroatoms. The second kappa shape index (κ2) is 7.05. The Bertz CT molecular complexity index is 1200. The number of hydrogen-bond donors (Lipinski definition) is 2. The smallest absolute Gasteiger partial charge is 0.260 e. The van der Waals surface area contributed by atoms with Crippen molar-refractivity contribution < 1.29 is 4.79 Å². The van der Waals surface area contributed by atoms with E-state index in [-0.39, 0.29) is 17.1 Å². The summed E-state index contributed by atoms with van der Waals surface area (Å²) in [5, 5.41) is 3.03. The van der Waals surface area contributed by atoms with E-state index >= 15 is 0 Å². The van der Waals surface area contributed by atoms with E-state index in [0.29, 0.717) is 5.82 Å². The first-order chi connectivity index (χ1) is 13.1. The number of carbonyl (C=O) groups excluding carboxylic acids is 1. The number of pyridine rings is 2. The van der Waals surface area contributed by atoms with Gasteiger partial charge in [-0.05, 0) is 24.3 Å². The maximum Gasteiger partial charge on any atom is 0.260 e. The number of halogens is 1. The van der Waals surface area contributed by atoms with E-state index < -0.39 is 11.5 Å². The number of carbonyl (C=O) groups is 1. The van der Waals surface area contributed by atoms with Crippen molar-refractivity contribution in [3.05, 3.63) is 87.7 Å². The predicted octanol–water partition coefficient (Wildman–Crippen LogP) is 2.69. The zero-order chi connectivity index (χ0) is 18.8. The van der Waals surface area contributed by atoms with E-state index in [0.717, 1.165) is 16.6 Å². The number of aromatic amines is 1. The molecule has 4 aromatic rings. The molecule has 0 radical (unpaired) electrons. The molecular formula is C19H14ClN5O2. The topological polar surface area (TPSA) is 92.7 Å². The van der Waals surface area contributed by atoms with E-state index in [2.05, 4.69) is 20.3 Å². The summed E-state index contributed by atoms with van der Waals surface area (Å²) < 4.78 is 1.86. The van der Waals surface area contributed by atoms with Crippen LogP contribution in [0.2, 0.25) is 5.02 Å². The fourth-order valence-corrected chi connectivity index (χ4v) is 2.97. The number of aromatic nitrogens is 4. The van der Waals surface area contributed by atoms with Crippen molar-refractivity contribution in [3.63, 3.8) is 0 Å². The van der Waals surface area contributed by atoms with Crippen molar-refractivity contribution in [3.8, 4) is 5.82 Å². The van der Waals surface area contributed by atoms with Crippen molar-refractivity contribution in [2.24, 2.45) is 0 Å². The molecule has 0 spiro atoms. The molecule has 1 aromatic carbocycles. The minimum Gasteiger partial charge on any atom is -0.348 e. The Labute approximate surface area is 158 Å². The molecule has 0 saturated carbocycles. The average molecular weight is 380 g/mol. The summed E-state index contributed by atoms with van der Waals surface area (Å²) in [6, 6.07) is 12.7. The summed E-state index contributed by atoms with van der Waals surface area (Å²) in [6.45, 7) is 0.195. The second-order valence-corrected chi connectivity index (χ2v) is 6.27. The van der Waals surface area contributed by atoms with Crippen LogP contribution in [0.15, 0.2) is 66.0 Å². The van der Waals surface area contributed by atoms with Crippen LogP contribution in [-0.4, -0.2) is 25.4 Å². The van der Waals surface area contributed by atoms with E-state index in [1.807, 2.05) is 34.9 Å². The van der Waals surface area contributed by atoms with E-state index in [1.165, 1.54) is 12.3 Å². The van der Waals surface area contributed by atoms with E-state index in [4.69, 9.17) is 11.6 Å². The lowest BCUT2D eigenvalue weighted by atomic mass is 10.2. The summed E-state index contributed by atoms with van der Waals surface area (Å²) in [6.07, 6.45) is 4.71. The molecule has 2 N–H and O–H groups in total. The van der Waals surface area contributed by atoms with Crippen molar-refractivity contribution in [1.82, 2.24) is 24.8 Å². The van der Waals surface area contributed by atoms with Crippen molar-refractivity contribution >= 4 is 28.5 Å². The maximum atomic E-state index is 12.4. The molecule has 134 valence electrons. The minimum atomic E-state index is -0.510. The Morgan fingerprint density at radius 3 is 2.93 bits per heavy atom. The predicted molar refractivity (Wildman–Crippen MR) is 102 cm³/mol. The van der Waals surface area contributed by atoms with Crippen LogP contribution in [0.25, 0.3) is 16.9 Å². The highest BCUT2D eigenvalue weighted by Crippen LogP contribution is 2.19. The summed E-state index contributed by atoms with van der Waals surface area (Å²) in [7, 11) is 0. The zero-order valence-electron chi connectivity index (χ0n) is 14.0. The van der Waals surface area contributed by atoms with E-state index in [9.17, 15) is 9.59 Å². The first kappa shape index (κ1) is 17.0. The molecule has 0 aliphatic heterocycles. The number of nitrogens with zero attached hydrogens (tertiary/aromatic N) is 3. The van der Waals surface area contributed by atoms with Crippen LogP contribution in [0.5, 0.6) is 0 Å². The molecule has 3 aromatic heterocycles. The molecule has 0 fully saturated rings. The van der Waals surface area contributed by atoms with Crippen LogP contribution in [0, 0.1) is 0 Å². The van der Waals surface area contributed by atoms with Gasteiger partial charge in [0.05, 0.1) is 16.1 Å². The molecule has 4 rings (SSSR count). The number of amides is 1. The highest BCUT2D eigenvalue weighted by molar-refractivity contribution is 6.30. The summed E-state index contributed by atoms with van der Waals surface area (Å²) in [4.78, 5) is 35.4. The van der Waals surface area contributed by atoms with Crippen molar-refractivity contribution in [1.29, 1.82) is 0 Å². The highest BCUT2D eigenvalue weighted by atomic mass is 35.5. The Kier molecular flexibility index (Phi) is 4.43. The molecule has 0 aliphatic rings. The number of benzene rings is 1. The SMILES string of the molecule is O=C(NCc1cccnc1-n1cnc2ccccc21)c1cc(Cl)c[nH]c1=O. The van der Waals surface area contributed by atoms with Crippen LogP contribution in [-0.2, 0) is 6.54 Å². The van der Waals surface area contributed by atoms with Gasteiger partial charge in [-0.15, -0.1) is 0 Å². The number of nitrogens with one attached hydrogen (secondary N) is 2. The van der Waals surface area contributed by atoms with Gasteiger partial charge < -0.3 is 10.3 Å². The van der Waals surface area contributed by atoms with Crippen LogP contribution >= 0.6 is 11.6 Å². The van der Waals surface area contributed by atoms with Crippen molar-refractivity contribution in [2.45, 2.75) is 6.54 Å². The summed E-state index contributed by atoms with van der Waals surface area (Å²) in [5.41, 5.74) is 2.01. The minimum absolute atomic E-state index is 0.0407. The fourth-order valence-electron chi connectivity index (χ4n) is 2.81. The molecule has 0 aliphatic carbocycles. The highest BCUT2D eigenvalue weighted by Gasteiger charge is 2.14. The van der Waals surface area contributed by atoms with Crippen LogP contribution in [0.4, 0.5) is 0 Å². The largest absolute Gasteiger partial charge is 0.348 e. The average Bonchev–Trinajstić information content (AvgIpc) is 3.12. The number of hydrogen-bond acceptors (Lipinski definition) is 4. The standard InChI is InChI=1S/C19H14ClN5O2/c20-13-8-14(19(27)23-10-13)18(26)22-9-12-4-3-7-21-17(12)25-11-24-15-5-1-2-6-16(15)25/h1-8,10-11H,9H2,(H,22,26)(H,23,27). The molecule has 1 amide bonds. The number of H-pyrrole nitrogens is 1. The molecule has 7 nitrogen and oxygen atoms in total. The van der Waals surface area contributed by atoms with Crippen LogP contribution in [0.3, 0.4) is 0 Å². The molecule has 27 heavy (non-hydrogen) atoms. The van der Waals surface area contributed by atoms with E-state index in [1.54, 1.807) is 18.6 Å². The molecule has 0 saturated heterocycles. The Balaban J connectivity index is 1.63. The Morgan fingerprint density at radius 1 is 1.19 bits per heavy atom.